The molecule has 0 spiro atoms. The van der Waals surface area contributed by atoms with E-state index < -0.39 is 0 Å². The number of anilines is 2. The van der Waals surface area contributed by atoms with Gasteiger partial charge in [0.1, 0.15) is 5.75 Å². The molecule has 2 fully saturated rings. The number of rotatable bonds is 9. The highest BCUT2D eigenvalue weighted by Crippen LogP contribution is 2.42. The van der Waals surface area contributed by atoms with E-state index in [0.29, 0.717) is 6.10 Å². The normalized spacial score (nSPS) is 25.6. The minimum atomic E-state index is 0.306. The van der Waals surface area contributed by atoms with Crippen LogP contribution in [0.1, 0.15) is 95.1 Å². The molecule has 4 N–H and O–H groups in total. The molecule has 2 aromatic carbocycles. The summed E-state index contributed by atoms with van der Waals surface area (Å²) in [7, 11) is 0. The van der Waals surface area contributed by atoms with Crippen molar-refractivity contribution in [3.8, 4) is 5.75 Å². The Labute approximate surface area is 201 Å². The number of nitrogen functional groups attached to an aromatic ring is 2. The summed E-state index contributed by atoms with van der Waals surface area (Å²) in [6.45, 7) is 2.31. The number of unbranched alkanes of at least 4 members (excludes halogenated alkanes) is 2. The Bertz CT molecular complexity index is 846. The zero-order valence-corrected chi connectivity index (χ0v) is 20.6. The minimum absolute atomic E-state index is 0.306. The number of hydrogen-bond donors (Lipinski definition) is 2. The van der Waals surface area contributed by atoms with Crippen LogP contribution in [0.3, 0.4) is 0 Å². The highest BCUT2D eigenvalue weighted by atomic mass is 16.5. The monoisotopic (exact) mass is 448 g/mol. The molecule has 0 saturated heterocycles. The Hall–Kier alpha value is -2.16. The number of ether oxygens (including phenoxy) is 1. The summed E-state index contributed by atoms with van der Waals surface area (Å²) in [4.78, 5) is 0. The molecular weight excluding hydrogens is 404 g/mol. The maximum atomic E-state index is 6.53. The zero-order chi connectivity index (χ0) is 23.0. The lowest BCUT2D eigenvalue weighted by Crippen LogP contribution is -2.30. The summed E-state index contributed by atoms with van der Waals surface area (Å²) >= 11 is 0. The molecule has 0 radical (unpaired) electrons. The van der Waals surface area contributed by atoms with Crippen LogP contribution in [0.25, 0.3) is 0 Å². The second-order valence-electron chi connectivity index (χ2n) is 10.7. The number of benzene rings is 2. The largest absolute Gasteiger partial charge is 0.488 e. The molecule has 0 bridgehead atoms. The second-order valence-corrected chi connectivity index (χ2v) is 10.7. The maximum absolute atomic E-state index is 6.53. The van der Waals surface area contributed by atoms with Crippen molar-refractivity contribution >= 4 is 11.4 Å². The van der Waals surface area contributed by atoms with E-state index in [4.69, 9.17) is 16.2 Å². The first-order valence-corrected chi connectivity index (χ1v) is 13.5. The fourth-order valence-electron chi connectivity index (χ4n) is 6.19. The van der Waals surface area contributed by atoms with E-state index in [1.165, 1.54) is 82.6 Å². The lowest BCUT2D eigenvalue weighted by Gasteiger charge is -2.38. The highest BCUT2D eigenvalue weighted by Gasteiger charge is 2.31. The smallest absolute Gasteiger partial charge is 0.142 e. The van der Waals surface area contributed by atoms with E-state index in [0.717, 1.165) is 46.9 Å². The molecule has 0 amide bonds. The average Bonchev–Trinajstić information content (AvgIpc) is 2.84. The van der Waals surface area contributed by atoms with Crippen molar-refractivity contribution in [2.45, 2.75) is 96.5 Å². The topological polar surface area (TPSA) is 61.3 Å². The van der Waals surface area contributed by atoms with Crippen LogP contribution in [-0.2, 0) is 6.42 Å². The van der Waals surface area contributed by atoms with Crippen LogP contribution in [0.5, 0.6) is 5.75 Å². The van der Waals surface area contributed by atoms with E-state index in [1.807, 2.05) is 18.2 Å². The van der Waals surface area contributed by atoms with Crippen LogP contribution in [0.15, 0.2) is 42.5 Å². The molecule has 2 saturated carbocycles. The van der Waals surface area contributed by atoms with Crippen LogP contribution < -0.4 is 16.2 Å². The van der Waals surface area contributed by atoms with Gasteiger partial charge in [-0.1, -0.05) is 69.7 Å². The van der Waals surface area contributed by atoms with Gasteiger partial charge in [0.05, 0.1) is 11.8 Å². The lowest BCUT2D eigenvalue weighted by molar-refractivity contribution is 0.0917. The lowest BCUT2D eigenvalue weighted by atomic mass is 9.70. The molecule has 180 valence electrons. The molecule has 2 aromatic rings. The first-order valence-electron chi connectivity index (χ1n) is 13.5. The van der Waals surface area contributed by atoms with Gasteiger partial charge in [-0.15, -0.1) is 0 Å². The second kappa shape index (κ2) is 11.8. The molecule has 2 aliphatic carbocycles. The minimum Gasteiger partial charge on any atom is -0.488 e. The Morgan fingerprint density at radius 3 is 2.12 bits per heavy atom. The Balaban J connectivity index is 1.24. The van der Waals surface area contributed by atoms with Crippen molar-refractivity contribution in [1.29, 1.82) is 0 Å². The molecule has 0 unspecified atom stereocenters. The Morgan fingerprint density at radius 1 is 0.788 bits per heavy atom. The predicted octanol–water partition coefficient (Wildman–Crippen LogP) is 7.77. The van der Waals surface area contributed by atoms with Crippen molar-refractivity contribution in [2.24, 2.45) is 17.8 Å². The van der Waals surface area contributed by atoms with Crippen molar-refractivity contribution in [2.75, 3.05) is 11.5 Å². The van der Waals surface area contributed by atoms with Gasteiger partial charge in [0.25, 0.3) is 0 Å². The number of para-hydroxylation sites is 1. The molecule has 33 heavy (non-hydrogen) atoms. The standard InChI is InChI=1S/C30H44N2O/c1-2-3-4-6-22-9-13-24(14-10-22)25-15-19-28(20-16-25)33-29-8-5-7-26(30(29)32)21-23-11-17-27(31)18-12-23/h5,7-8,11-12,17-18,22,24-25,28H,2-4,6,9-10,13-16,19-21,31-32H2,1H3. The van der Waals surface area contributed by atoms with Crippen LogP contribution in [0, 0.1) is 17.8 Å². The van der Waals surface area contributed by atoms with Gasteiger partial charge in [0.2, 0.25) is 0 Å². The molecule has 3 heteroatoms. The molecule has 2 aliphatic rings. The van der Waals surface area contributed by atoms with Crippen molar-refractivity contribution < 1.29 is 4.74 Å². The van der Waals surface area contributed by atoms with Gasteiger partial charge in [-0.3, -0.25) is 0 Å². The van der Waals surface area contributed by atoms with Gasteiger partial charge < -0.3 is 16.2 Å². The van der Waals surface area contributed by atoms with E-state index in [2.05, 4.69) is 31.2 Å². The van der Waals surface area contributed by atoms with Gasteiger partial charge in [-0.25, -0.2) is 0 Å². The SMILES string of the molecule is CCCCCC1CCC(C2CCC(Oc3cccc(Cc4ccc(N)cc4)c3N)CC2)CC1. The highest BCUT2D eigenvalue weighted by molar-refractivity contribution is 5.59. The van der Waals surface area contributed by atoms with Crippen molar-refractivity contribution in [1.82, 2.24) is 0 Å². The first kappa shape index (κ1) is 24.0. The number of nitrogens with two attached hydrogens (primary N) is 2. The Kier molecular flexibility index (Phi) is 8.58. The summed E-state index contributed by atoms with van der Waals surface area (Å²) in [5, 5.41) is 0. The average molecular weight is 449 g/mol. The molecule has 0 atom stereocenters. The van der Waals surface area contributed by atoms with Gasteiger partial charge in [0, 0.05) is 5.69 Å². The first-order chi connectivity index (χ1) is 16.1. The third kappa shape index (κ3) is 6.68. The van der Waals surface area contributed by atoms with E-state index in [-0.39, 0.29) is 0 Å². The van der Waals surface area contributed by atoms with Crippen molar-refractivity contribution in [3.05, 3.63) is 53.6 Å². The summed E-state index contributed by atoms with van der Waals surface area (Å²) < 4.78 is 6.45. The van der Waals surface area contributed by atoms with Gasteiger partial charge in [0.15, 0.2) is 0 Å². The van der Waals surface area contributed by atoms with E-state index in [1.54, 1.807) is 0 Å². The molecule has 0 aromatic heterocycles. The van der Waals surface area contributed by atoms with Crippen LogP contribution in [0.2, 0.25) is 0 Å². The zero-order valence-electron chi connectivity index (χ0n) is 20.6. The molecule has 0 heterocycles. The van der Waals surface area contributed by atoms with Crippen LogP contribution in [-0.4, -0.2) is 6.10 Å². The fourth-order valence-corrected chi connectivity index (χ4v) is 6.19. The van der Waals surface area contributed by atoms with Gasteiger partial charge in [-0.05, 0) is 92.0 Å². The quantitative estimate of drug-likeness (QED) is 0.304. The molecular formula is C30H44N2O. The van der Waals surface area contributed by atoms with E-state index in [9.17, 15) is 0 Å². The van der Waals surface area contributed by atoms with Crippen LogP contribution >= 0.6 is 0 Å². The molecule has 4 rings (SSSR count). The Morgan fingerprint density at radius 2 is 1.45 bits per heavy atom. The third-order valence-corrected chi connectivity index (χ3v) is 8.32. The summed E-state index contributed by atoms with van der Waals surface area (Å²) in [5.74, 6) is 3.74. The van der Waals surface area contributed by atoms with Crippen molar-refractivity contribution in [3.63, 3.8) is 0 Å². The summed E-state index contributed by atoms with van der Waals surface area (Å²) in [5.41, 5.74) is 16.3. The van der Waals surface area contributed by atoms with E-state index >= 15 is 0 Å². The molecule has 0 aliphatic heterocycles. The number of hydrogen-bond acceptors (Lipinski definition) is 3. The van der Waals surface area contributed by atoms with Crippen LogP contribution in [0.4, 0.5) is 11.4 Å². The van der Waals surface area contributed by atoms with Gasteiger partial charge in [-0.2, -0.15) is 0 Å². The summed E-state index contributed by atoms with van der Waals surface area (Å²) in [6.07, 6.45) is 17.6. The maximum Gasteiger partial charge on any atom is 0.142 e. The third-order valence-electron chi connectivity index (χ3n) is 8.32. The fraction of sp³-hybridized carbons (Fsp3) is 0.600. The predicted molar refractivity (Wildman–Crippen MR) is 140 cm³/mol. The summed E-state index contributed by atoms with van der Waals surface area (Å²) in [6, 6.07) is 14.3. The molecule has 3 nitrogen and oxygen atoms in total. The van der Waals surface area contributed by atoms with Gasteiger partial charge >= 0.3 is 0 Å².